The standard InChI is InChI=1S/C24H18BrN3O7S/c1-10-26-27-24(36-10)28-18(12-7-13(25)19(29)15(9-12)34-3)17(21(31)23(28)32)20(30)16-8-11-5-4-6-14(33-2)22(11)35-16/h4-9,18,29,31H,1-3H3/t18-/m1/s1. The lowest BCUT2D eigenvalue weighted by atomic mass is 9.95. The van der Waals surface area contributed by atoms with Gasteiger partial charge in [0.05, 0.1) is 30.3 Å². The number of phenolic OH excluding ortho intramolecular Hbond substituents is 1. The highest BCUT2D eigenvalue weighted by atomic mass is 79.9. The third kappa shape index (κ3) is 3.69. The van der Waals surface area contributed by atoms with E-state index in [9.17, 15) is 19.8 Å². The summed E-state index contributed by atoms with van der Waals surface area (Å²) in [5.74, 6) is -1.97. The maximum absolute atomic E-state index is 13.8. The molecule has 12 heteroatoms. The number of para-hydroxylation sites is 1. The van der Waals surface area contributed by atoms with Crippen LogP contribution in [0.4, 0.5) is 5.13 Å². The van der Waals surface area contributed by atoms with Gasteiger partial charge in [0, 0.05) is 5.39 Å². The molecule has 2 aromatic heterocycles. The Morgan fingerprint density at radius 2 is 1.89 bits per heavy atom. The largest absolute Gasteiger partial charge is 0.503 e. The molecule has 0 unspecified atom stereocenters. The van der Waals surface area contributed by atoms with E-state index in [1.54, 1.807) is 25.1 Å². The summed E-state index contributed by atoms with van der Waals surface area (Å²) in [5.41, 5.74) is 0.513. The third-order valence-corrected chi connectivity index (χ3v) is 7.15. The number of methoxy groups -OCH3 is 2. The van der Waals surface area contributed by atoms with Crippen LogP contribution in [-0.4, -0.2) is 46.3 Å². The molecule has 36 heavy (non-hydrogen) atoms. The molecule has 0 radical (unpaired) electrons. The Morgan fingerprint density at radius 3 is 2.56 bits per heavy atom. The number of amides is 1. The molecule has 0 fully saturated rings. The van der Waals surface area contributed by atoms with Crippen molar-refractivity contribution >= 4 is 55.1 Å². The van der Waals surface area contributed by atoms with Gasteiger partial charge in [0.1, 0.15) is 5.01 Å². The van der Waals surface area contributed by atoms with Crippen LogP contribution in [0.5, 0.6) is 17.2 Å². The zero-order valence-corrected chi connectivity index (χ0v) is 21.5. The van der Waals surface area contributed by atoms with Crippen LogP contribution in [0.2, 0.25) is 0 Å². The molecular weight excluding hydrogens is 554 g/mol. The number of halogens is 1. The van der Waals surface area contributed by atoms with E-state index in [4.69, 9.17) is 13.9 Å². The van der Waals surface area contributed by atoms with E-state index in [1.165, 1.54) is 37.3 Å². The van der Waals surface area contributed by atoms with E-state index in [0.717, 1.165) is 11.3 Å². The zero-order valence-electron chi connectivity index (χ0n) is 19.1. The second-order valence-corrected chi connectivity index (χ2v) is 9.83. The fourth-order valence-electron chi connectivity index (χ4n) is 4.08. The van der Waals surface area contributed by atoms with Crippen molar-refractivity contribution in [2.24, 2.45) is 0 Å². The summed E-state index contributed by atoms with van der Waals surface area (Å²) in [5, 5.41) is 30.7. The number of aliphatic hydroxyl groups is 1. The number of Topliss-reactive ketones (excluding diaryl/α,β-unsaturated/α-hetero) is 1. The number of anilines is 1. The number of hydrogen-bond acceptors (Lipinski definition) is 10. The normalized spacial score (nSPS) is 15.7. The Kier molecular flexibility index (Phi) is 5.92. The summed E-state index contributed by atoms with van der Waals surface area (Å²) < 4.78 is 16.7. The Bertz CT molecular complexity index is 1580. The van der Waals surface area contributed by atoms with Crippen LogP contribution >= 0.6 is 27.3 Å². The van der Waals surface area contributed by atoms with Crippen LogP contribution in [-0.2, 0) is 4.79 Å². The first-order chi connectivity index (χ1) is 17.2. The van der Waals surface area contributed by atoms with Crippen molar-refractivity contribution in [1.82, 2.24) is 10.2 Å². The minimum absolute atomic E-state index is 0.0889. The fourth-order valence-corrected chi connectivity index (χ4v) is 5.26. The second kappa shape index (κ2) is 8.95. The summed E-state index contributed by atoms with van der Waals surface area (Å²) in [4.78, 5) is 28.3. The predicted octanol–water partition coefficient (Wildman–Crippen LogP) is 4.86. The molecule has 1 atom stereocenters. The molecule has 0 spiro atoms. The fraction of sp³-hybridized carbons (Fsp3) is 0.167. The summed E-state index contributed by atoms with van der Waals surface area (Å²) >= 11 is 4.41. The van der Waals surface area contributed by atoms with Crippen LogP contribution in [0.3, 0.4) is 0 Å². The molecule has 2 N–H and O–H groups in total. The number of ether oxygens (including phenoxy) is 2. The average molecular weight is 572 g/mol. The monoisotopic (exact) mass is 571 g/mol. The molecule has 10 nitrogen and oxygen atoms in total. The quantitative estimate of drug-likeness (QED) is 0.311. The molecule has 1 amide bonds. The number of carbonyl (C=O) groups excluding carboxylic acids is 2. The summed E-state index contributed by atoms with van der Waals surface area (Å²) in [6, 6.07) is 8.62. The Balaban J connectivity index is 1.70. The van der Waals surface area contributed by atoms with Crippen molar-refractivity contribution in [3.8, 4) is 17.2 Å². The topological polar surface area (TPSA) is 135 Å². The summed E-state index contributed by atoms with van der Waals surface area (Å²) in [6.45, 7) is 1.72. The lowest BCUT2D eigenvalue weighted by Crippen LogP contribution is -2.31. The van der Waals surface area contributed by atoms with Crippen LogP contribution < -0.4 is 14.4 Å². The smallest absolute Gasteiger partial charge is 0.296 e. The van der Waals surface area contributed by atoms with Crippen molar-refractivity contribution in [3.63, 3.8) is 0 Å². The van der Waals surface area contributed by atoms with Crippen molar-refractivity contribution in [2.45, 2.75) is 13.0 Å². The van der Waals surface area contributed by atoms with Crippen molar-refractivity contribution in [3.05, 3.63) is 68.5 Å². The highest BCUT2D eigenvalue weighted by molar-refractivity contribution is 9.10. The van der Waals surface area contributed by atoms with E-state index in [0.29, 0.717) is 27.3 Å². The van der Waals surface area contributed by atoms with E-state index in [1.807, 2.05) is 0 Å². The zero-order chi connectivity index (χ0) is 25.7. The van der Waals surface area contributed by atoms with Gasteiger partial charge in [0.15, 0.2) is 34.4 Å². The third-order valence-electron chi connectivity index (χ3n) is 5.71. The molecule has 2 aromatic carbocycles. The number of rotatable bonds is 6. The molecule has 0 aliphatic carbocycles. The molecule has 5 rings (SSSR count). The number of aromatic nitrogens is 2. The van der Waals surface area contributed by atoms with Gasteiger partial charge in [0.2, 0.25) is 10.9 Å². The molecule has 4 aromatic rings. The summed E-state index contributed by atoms with van der Waals surface area (Å²) in [6.07, 6.45) is 0. The first kappa shape index (κ1) is 23.8. The lowest BCUT2D eigenvalue weighted by molar-refractivity contribution is -0.117. The number of phenols is 1. The van der Waals surface area contributed by atoms with Gasteiger partial charge in [-0.15, -0.1) is 10.2 Å². The Hall–Kier alpha value is -3.90. The van der Waals surface area contributed by atoms with Gasteiger partial charge < -0.3 is 24.1 Å². The molecule has 1 aliphatic heterocycles. The first-order valence-electron chi connectivity index (χ1n) is 10.5. The lowest BCUT2D eigenvalue weighted by Gasteiger charge is -2.24. The van der Waals surface area contributed by atoms with Gasteiger partial charge in [-0.3, -0.25) is 14.5 Å². The maximum Gasteiger partial charge on any atom is 0.296 e. The summed E-state index contributed by atoms with van der Waals surface area (Å²) in [7, 11) is 2.86. The van der Waals surface area contributed by atoms with Gasteiger partial charge in [-0.1, -0.05) is 23.5 Å². The number of nitrogens with zero attached hydrogens (tertiary/aromatic N) is 3. The van der Waals surface area contributed by atoms with E-state index < -0.39 is 23.5 Å². The maximum atomic E-state index is 13.8. The molecule has 0 saturated heterocycles. The number of aliphatic hydroxyl groups excluding tert-OH is 1. The van der Waals surface area contributed by atoms with Crippen LogP contribution in [0.15, 0.2) is 56.6 Å². The number of hydrogen-bond donors (Lipinski definition) is 2. The molecular formula is C24H18BrN3O7S. The SMILES string of the molecule is COc1cc([C@@H]2C(C(=O)c3cc4cccc(OC)c4o3)=C(O)C(=O)N2c2nnc(C)s2)cc(Br)c1O. The number of benzene rings is 2. The minimum Gasteiger partial charge on any atom is -0.503 e. The molecule has 184 valence electrons. The van der Waals surface area contributed by atoms with Crippen molar-refractivity contribution in [2.75, 3.05) is 19.1 Å². The minimum atomic E-state index is -1.11. The van der Waals surface area contributed by atoms with Crippen LogP contribution in [0.1, 0.15) is 27.2 Å². The van der Waals surface area contributed by atoms with Crippen molar-refractivity contribution in [1.29, 1.82) is 0 Å². The number of aromatic hydroxyl groups is 1. The van der Waals surface area contributed by atoms with Gasteiger partial charge in [-0.05, 0) is 52.7 Å². The van der Waals surface area contributed by atoms with Gasteiger partial charge in [-0.25, -0.2) is 0 Å². The number of furan rings is 1. The van der Waals surface area contributed by atoms with Gasteiger partial charge in [-0.2, -0.15) is 0 Å². The highest BCUT2D eigenvalue weighted by Gasteiger charge is 2.47. The van der Waals surface area contributed by atoms with Crippen molar-refractivity contribution < 1.29 is 33.7 Å². The van der Waals surface area contributed by atoms with E-state index in [-0.39, 0.29) is 32.4 Å². The number of ketones is 1. The predicted molar refractivity (Wildman–Crippen MR) is 134 cm³/mol. The molecule has 0 saturated carbocycles. The van der Waals surface area contributed by atoms with Gasteiger partial charge in [0.25, 0.3) is 5.91 Å². The first-order valence-corrected chi connectivity index (χ1v) is 12.1. The van der Waals surface area contributed by atoms with E-state index >= 15 is 0 Å². The van der Waals surface area contributed by atoms with Crippen LogP contribution in [0, 0.1) is 6.92 Å². The van der Waals surface area contributed by atoms with Gasteiger partial charge >= 0.3 is 0 Å². The Labute approximate surface area is 216 Å². The van der Waals surface area contributed by atoms with Crippen LogP contribution in [0.25, 0.3) is 11.0 Å². The molecule has 3 heterocycles. The number of fused-ring (bicyclic) bond motifs is 1. The highest BCUT2D eigenvalue weighted by Crippen LogP contribution is 2.46. The number of carbonyl (C=O) groups is 2. The molecule has 0 bridgehead atoms. The van der Waals surface area contributed by atoms with E-state index in [2.05, 4.69) is 26.1 Å². The Morgan fingerprint density at radius 1 is 1.14 bits per heavy atom. The second-order valence-electron chi connectivity index (χ2n) is 7.82. The molecule has 1 aliphatic rings. The number of aryl methyl sites for hydroxylation is 1. The average Bonchev–Trinajstić information content (AvgIpc) is 3.56.